The Morgan fingerprint density at radius 1 is 1.08 bits per heavy atom. The lowest BCUT2D eigenvalue weighted by atomic mass is 10.2. The lowest BCUT2D eigenvalue weighted by Gasteiger charge is -2.31. The molecule has 8 heteroatoms. The van der Waals surface area contributed by atoms with Gasteiger partial charge in [0.25, 0.3) is 0 Å². The Labute approximate surface area is 164 Å². The number of anilines is 1. The second-order valence-electron chi connectivity index (χ2n) is 6.04. The molecule has 0 N–H and O–H groups in total. The highest BCUT2D eigenvalue weighted by Crippen LogP contribution is 2.29. The first-order valence-electron chi connectivity index (χ1n) is 7.84. The van der Waals surface area contributed by atoms with Crippen molar-refractivity contribution in [2.75, 3.05) is 17.6 Å². The van der Waals surface area contributed by atoms with Crippen molar-refractivity contribution in [2.45, 2.75) is 19.5 Å². The van der Waals surface area contributed by atoms with Gasteiger partial charge in [0.2, 0.25) is 15.9 Å². The van der Waals surface area contributed by atoms with Gasteiger partial charge in [-0.3, -0.25) is 9.10 Å². The van der Waals surface area contributed by atoms with Gasteiger partial charge in [-0.15, -0.1) is 0 Å². The van der Waals surface area contributed by atoms with Gasteiger partial charge in [0.1, 0.15) is 6.04 Å². The first kappa shape index (κ1) is 20.6. The smallest absolute Gasteiger partial charge is 0.246 e. The monoisotopic (exact) mass is 414 g/mol. The summed E-state index contributed by atoms with van der Waals surface area (Å²) in [5.74, 6) is -0.338. The van der Waals surface area contributed by atoms with Crippen LogP contribution in [0.1, 0.15) is 12.5 Å². The van der Waals surface area contributed by atoms with Gasteiger partial charge in [0, 0.05) is 23.6 Å². The van der Waals surface area contributed by atoms with E-state index in [4.69, 9.17) is 23.2 Å². The molecule has 2 rings (SSSR count). The Balaban J connectivity index is 2.31. The summed E-state index contributed by atoms with van der Waals surface area (Å²) in [6, 6.07) is 12.9. The van der Waals surface area contributed by atoms with E-state index in [1.54, 1.807) is 14.0 Å². The average molecular weight is 415 g/mol. The third-order valence-electron chi connectivity index (χ3n) is 3.81. The van der Waals surface area contributed by atoms with E-state index in [0.29, 0.717) is 16.6 Å². The summed E-state index contributed by atoms with van der Waals surface area (Å²) in [7, 11) is -2.10. The number of carbonyl (C=O) groups is 1. The van der Waals surface area contributed by atoms with Crippen molar-refractivity contribution in [3.63, 3.8) is 0 Å². The zero-order valence-electron chi connectivity index (χ0n) is 14.7. The van der Waals surface area contributed by atoms with E-state index >= 15 is 0 Å². The number of hydrogen-bond acceptors (Lipinski definition) is 3. The number of benzene rings is 2. The number of amides is 1. The van der Waals surface area contributed by atoms with E-state index in [0.717, 1.165) is 16.1 Å². The van der Waals surface area contributed by atoms with Crippen LogP contribution in [0.3, 0.4) is 0 Å². The molecular weight excluding hydrogens is 395 g/mol. The van der Waals surface area contributed by atoms with Crippen LogP contribution in [-0.4, -0.2) is 38.6 Å². The van der Waals surface area contributed by atoms with Crippen LogP contribution < -0.4 is 4.31 Å². The number of nitrogens with zero attached hydrogens (tertiary/aromatic N) is 2. The van der Waals surface area contributed by atoms with Crippen LogP contribution in [0.2, 0.25) is 10.0 Å². The molecular formula is C18H20Cl2N2O3S. The van der Waals surface area contributed by atoms with Gasteiger partial charge >= 0.3 is 0 Å². The van der Waals surface area contributed by atoms with Gasteiger partial charge in [0.05, 0.1) is 11.9 Å². The molecule has 0 aliphatic carbocycles. The van der Waals surface area contributed by atoms with Gasteiger partial charge in [-0.1, -0.05) is 53.5 Å². The van der Waals surface area contributed by atoms with Crippen LogP contribution in [0.4, 0.5) is 5.69 Å². The Kier molecular flexibility index (Phi) is 6.55. The number of carbonyl (C=O) groups excluding carboxylic acids is 1. The van der Waals surface area contributed by atoms with Crippen LogP contribution in [0, 0.1) is 0 Å². The number of sulfonamides is 1. The highest BCUT2D eigenvalue weighted by Gasteiger charge is 2.31. The molecule has 0 aromatic heterocycles. The molecule has 2 aromatic rings. The van der Waals surface area contributed by atoms with E-state index in [9.17, 15) is 13.2 Å². The molecule has 5 nitrogen and oxygen atoms in total. The molecule has 0 saturated carbocycles. The van der Waals surface area contributed by atoms with E-state index in [2.05, 4.69) is 0 Å². The molecule has 0 radical (unpaired) electrons. The predicted molar refractivity (Wildman–Crippen MR) is 106 cm³/mol. The summed E-state index contributed by atoms with van der Waals surface area (Å²) in [4.78, 5) is 14.3. The summed E-state index contributed by atoms with van der Waals surface area (Å²) in [6.07, 6.45) is 1.04. The Morgan fingerprint density at radius 3 is 2.12 bits per heavy atom. The highest BCUT2D eigenvalue weighted by atomic mass is 35.5. The number of halogens is 2. The topological polar surface area (TPSA) is 57.7 Å². The van der Waals surface area contributed by atoms with Crippen molar-refractivity contribution in [3.8, 4) is 0 Å². The van der Waals surface area contributed by atoms with Crippen molar-refractivity contribution in [1.29, 1.82) is 0 Å². The summed E-state index contributed by atoms with van der Waals surface area (Å²) in [5, 5.41) is 0.580. The van der Waals surface area contributed by atoms with E-state index in [-0.39, 0.29) is 11.6 Å². The largest absolute Gasteiger partial charge is 0.340 e. The minimum Gasteiger partial charge on any atom is -0.340 e. The average Bonchev–Trinajstić information content (AvgIpc) is 2.52. The fourth-order valence-electron chi connectivity index (χ4n) is 2.72. The van der Waals surface area contributed by atoms with Crippen LogP contribution in [0.15, 0.2) is 48.5 Å². The lowest BCUT2D eigenvalue weighted by Crippen LogP contribution is -2.48. The van der Waals surface area contributed by atoms with E-state index < -0.39 is 16.1 Å². The minimum atomic E-state index is -3.73. The summed E-state index contributed by atoms with van der Waals surface area (Å²) >= 11 is 12.0. The van der Waals surface area contributed by atoms with Gasteiger partial charge in [-0.05, 0) is 30.7 Å². The third-order valence-corrected chi connectivity index (χ3v) is 5.49. The fraction of sp³-hybridized carbons (Fsp3) is 0.278. The lowest BCUT2D eigenvalue weighted by molar-refractivity contribution is -0.131. The molecule has 0 heterocycles. The second-order valence-corrected chi connectivity index (χ2v) is 8.77. The maximum Gasteiger partial charge on any atom is 0.246 e. The molecule has 0 saturated heterocycles. The third kappa shape index (κ3) is 5.13. The standard InChI is InChI=1S/C18H20Cl2N2O3S/c1-13(18(23)21(2)12-14-7-5-4-6-8-14)22(26(3,24)25)17-10-15(19)9-16(20)11-17/h4-11,13H,12H2,1-3H3. The molecule has 1 atom stereocenters. The van der Waals surface area contributed by atoms with Crippen LogP contribution in [-0.2, 0) is 21.4 Å². The number of rotatable bonds is 6. The summed E-state index contributed by atoms with van der Waals surface area (Å²) in [5.41, 5.74) is 1.20. The quantitative estimate of drug-likeness (QED) is 0.721. The zero-order chi connectivity index (χ0) is 19.5. The zero-order valence-corrected chi connectivity index (χ0v) is 17.0. The molecule has 0 aliphatic heterocycles. The number of likely N-dealkylation sites (N-methyl/N-ethyl adjacent to an activating group) is 1. The summed E-state index contributed by atoms with van der Waals surface area (Å²) in [6.45, 7) is 1.91. The van der Waals surface area contributed by atoms with Gasteiger partial charge in [0.15, 0.2) is 0 Å². The molecule has 0 aliphatic rings. The SMILES string of the molecule is CC(C(=O)N(C)Cc1ccccc1)N(c1cc(Cl)cc(Cl)c1)S(C)(=O)=O. The van der Waals surface area contributed by atoms with Crippen molar-refractivity contribution in [1.82, 2.24) is 4.90 Å². The highest BCUT2D eigenvalue weighted by molar-refractivity contribution is 7.92. The predicted octanol–water partition coefficient (Wildman–Crippen LogP) is 3.81. The summed E-state index contributed by atoms with van der Waals surface area (Å²) < 4.78 is 25.7. The normalized spacial score (nSPS) is 12.5. The van der Waals surface area contributed by atoms with Crippen molar-refractivity contribution >= 4 is 44.8 Å². The van der Waals surface area contributed by atoms with Crippen LogP contribution >= 0.6 is 23.2 Å². The van der Waals surface area contributed by atoms with Gasteiger partial charge < -0.3 is 4.90 Å². The maximum atomic E-state index is 12.8. The Bertz CT molecular complexity index is 868. The molecule has 2 aromatic carbocycles. The fourth-order valence-corrected chi connectivity index (χ4v) is 4.39. The van der Waals surface area contributed by atoms with Gasteiger partial charge in [-0.25, -0.2) is 8.42 Å². The van der Waals surface area contributed by atoms with Crippen molar-refractivity contribution in [2.24, 2.45) is 0 Å². The van der Waals surface area contributed by atoms with E-state index in [1.165, 1.54) is 23.1 Å². The molecule has 0 spiro atoms. The first-order chi connectivity index (χ1) is 12.1. The first-order valence-corrected chi connectivity index (χ1v) is 10.4. The molecule has 26 heavy (non-hydrogen) atoms. The maximum absolute atomic E-state index is 12.8. The van der Waals surface area contributed by atoms with Crippen LogP contribution in [0.5, 0.6) is 0 Å². The molecule has 1 amide bonds. The second kappa shape index (κ2) is 8.29. The van der Waals surface area contributed by atoms with Crippen LogP contribution in [0.25, 0.3) is 0 Å². The molecule has 0 fully saturated rings. The molecule has 140 valence electrons. The molecule has 1 unspecified atom stereocenters. The minimum absolute atomic E-state index is 0.249. The Morgan fingerprint density at radius 2 is 1.62 bits per heavy atom. The van der Waals surface area contributed by atoms with Gasteiger partial charge in [-0.2, -0.15) is 0 Å². The van der Waals surface area contributed by atoms with Crippen molar-refractivity contribution < 1.29 is 13.2 Å². The Hall–Kier alpha value is -1.76. The van der Waals surface area contributed by atoms with Crippen molar-refractivity contribution in [3.05, 3.63) is 64.1 Å². The van der Waals surface area contributed by atoms with E-state index in [1.807, 2.05) is 30.3 Å². The number of hydrogen-bond donors (Lipinski definition) is 0. The molecule has 0 bridgehead atoms.